The minimum Gasteiger partial charge on any atom is -0.272 e. The van der Waals surface area contributed by atoms with Crippen LogP contribution in [0.1, 0.15) is 11.1 Å². The van der Waals surface area contributed by atoms with Crippen LogP contribution < -0.4 is 0 Å². The van der Waals surface area contributed by atoms with E-state index in [9.17, 15) is 0 Å². The average Bonchev–Trinajstić information content (AvgIpc) is 2.60. The highest BCUT2D eigenvalue weighted by molar-refractivity contribution is 6.12. The van der Waals surface area contributed by atoms with Gasteiger partial charge in [0.2, 0.25) is 0 Å². The molecule has 0 saturated carbocycles. The number of nitriles is 2. The number of aliphatic imine (C=N–C) groups is 2. The quantitative estimate of drug-likeness (QED) is 0.626. The summed E-state index contributed by atoms with van der Waals surface area (Å²) < 4.78 is 0. The molecule has 0 aliphatic heterocycles. The molecule has 0 radical (unpaired) electrons. The molecule has 4 heteroatoms. The second kappa shape index (κ2) is 8.14. The lowest BCUT2D eigenvalue weighted by molar-refractivity contribution is 0.978. The summed E-state index contributed by atoms with van der Waals surface area (Å²) in [7, 11) is 0. The molecule has 0 unspecified atom stereocenters. The first-order chi connectivity index (χ1) is 10.8. The van der Waals surface area contributed by atoms with Gasteiger partial charge in [0.25, 0.3) is 0 Å². The molecule has 0 N–H and O–H groups in total. The van der Waals surface area contributed by atoms with Gasteiger partial charge in [-0.3, -0.25) is 9.98 Å². The van der Waals surface area contributed by atoms with Crippen molar-refractivity contribution >= 4 is 11.4 Å². The molecule has 0 spiro atoms. The largest absolute Gasteiger partial charge is 0.272 e. The van der Waals surface area contributed by atoms with Crippen LogP contribution in [0.4, 0.5) is 0 Å². The van der Waals surface area contributed by atoms with E-state index in [1.54, 1.807) is 0 Å². The second-order valence-electron chi connectivity index (χ2n) is 4.42. The van der Waals surface area contributed by atoms with E-state index in [1.165, 1.54) is 0 Å². The molecule has 2 aromatic carbocycles. The lowest BCUT2D eigenvalue weighted by atomic mass is 10.1. The molecular formula is C18H14N4. The van der Waals surface area contributed by atoms with Gasteiger partial charge in [0, 0.05) is 11.1 Å². The van der Waals surface area contributed by atoms with E-state index in [0.29, 0.717) is 24.5 Å². The molecule has 0 aliphatic rings. The first-order valence-electron chi connectivity index (χ1n) is 6.85. The molecule has 0 heterocycles. The van der Waals surface area contributed by atoms with E-state index < -0.39 is 0 Å². The molecular weight excluding hydrogens is 272 g/mol. The highest BCUT2D eigenvalue weighted by Crippen LogP contribution is 2.02. The van der Waals surface area contributed by atoms with E-state index in [1.807, 2.05) is 60.7 Å². The van der Waals surface area contributed by atoms with Gasteiger partial charge in [-0.25, -0.2) is 0 Å². The summed E-state index contributed by atoms with van der Waals surface area (Å²) in [5.41, 5.74) is 2.35. The highest BCUT2D eigenvalue weighted by Gasteiger charge is 2.02. The smallest absolute Gasteiger partial charge is 0.142 e. The van der Waals surface area contributed by atoms with E-state index in [0.717, 1.165) is 11.1 Å². The van der Waals surface area contributed by atoms with Gasteiger partial charge in [-0.05, 0) is 0 Å². The topological polar surface area (TPSA) is 72.3 Å². The molecule has 4 nitrogen and oxygen atoms in total. The van der Waals surface area contributed by atoms with Gasteiger partial charge in [0.1, 0.15) is 23.6 Å². The Kier molecular flexibility index (Phi) is 5.61. The van der Waals surface area contributed by atoms with Crippen molar-refractivity contribution in [1.29, 1.82) is 10.5 Å². The number of nitrogens with zero attached hydrogens (tertiary/aromatic N) is 4. The molecule has 0 bridgehead atoms. The lowest BCUT2D eigenvalue weighted by Crippen LogP contribution is -2.03. The van der Waals surface area contributed by atoms with Crippen LogP contribution in [0.2, 0.25) is 0 Å². The fourth-order valence-corrected chi connectivity index (χ4v) is 1.90. The van der Waals surface area contributed by atoms with Gasteiger partial charge >= 0.3 is 0 Å². The molecule has 0 saturated heterocycles. The van der Waals surface area contributed by atoms with E-state index >= 15 is 0 Å². The summed E-state index contributed by atoms with van der Waals surface area (Å²) in [6, 6.07) is 22.8. The Morgan fingerprint density at radius 1 is 0.682 bits per heavy atom. The predicted molar refractivity (Wildman–Crippen MR) is 86.9 cm³/mol. The van der Waals surface area contributed by atoms with Crippen LogP contribution in [-0.4, -0.2) is 24.5 Å². The summed E-state index contributed by atoms with van der Waals surface area (Å²) in [5, 5.41) is 18.3. The summed E-state index contributed by atoms with van der Waals surface area (Å²) in [6.45, 7) is 0.742. The summed E-state index contributed by atoms with van der Waals surface area (Å²) in [5.74, 6) is 0. The zero-order valence-electron chi connectivity index (χ0n) is 12.0. The number of hydrogen-bond donors (Lipinski definition) is 0. The van der Waals surface area contributed by atoms with Crippen LogP contribution in [0, 0.1) is 22.7 Å². The van der Waals surface area contributed by atoms with Crippen molar-refractivity contribution in [3.63, 3.8) is 0 Å². The van der Waals surface area contributed by atoms with Crippen molar-refractivity contribution in [1.82, 2.24) is 0 Å². The van der Waals surface area contributed by atoms with Crippen LogP contribution in [0.3, 0.4) is 0 Å². The summed E-state index contributed by atoms with van der Waals surface area (Å²) >= 11 is 0. The molecule has 0 atom stereocenters. The molecule has 22 heavy (non-hydrogen) atoms. The normalized spacial score (nSPS) is 11.5. The second-order valence-corrected chi connectivity index (χ2v) is 4.42. The number of hydrogen-bond acceptors (Lipinski definition) is 4. The highest BCUT2D eigenvalue weighted by atomic mass is 14.8. The number of benzene rings is 2. The van der Waals surface area contributed by atoms with E-state index in [4.69, 9.17) is 10.5 Å². The Labute approximate surface area is 129 Å². The van der Waals surface area contributed by atoms with Crippen LogP contribution >= 0.6 is 0 Å². The number of rotatable bonds is 5. The first-order valence-corrected chi connectivity index (χ1v) is 6.85. The first kappa shape index (κ1) is 15.2. The summed E-state index contributed by atoms with van der Waals surface area (Å²) in [4.78, 5) is 8.50. The zero-order chi connectivity index (χ0) is 15.6. The Morgan fingerprint density at radius 2 is 1.05 bits per heavy atom. The Bertz CT molecular complexity index is 680. The fraction of sp³-hybridized carbons (Fsp3) is 0.111. The van der Waals surface area contributed by atoms with Crippen LogP contribution in [-0.2, 0) is 0 Å². The van der Waals surface area contributed by atoms with Crippen molar-refractivity contribution in [3.05, 3.63) is 71.8 Å². The maximum absolute atomic E-state index is 9.14. The minimum absolute atomic E-state index is 0.371. The zero-order valence-corrected chi connectivity index (χ0v) is 12.0. The van der Waals surface area contributed by atoms with Crippen LogP contribution in [0.15, 0.2) is 70.6 Å². The van der Waals surface area contributed by atoms with Crippen molar-refractivity contribution in [2.75, 3.05) is 13.1 Å². The average molecular weight is 286 g/mol. The minimum atomic E-state index is 0.371. The molecule has 2 aromatic rings. The lowest BCUT2D eigenvalue weighted by Gasteiger charge is -1.99. The van der Waals surface area contributed by atoms with Gasteiger partial charge in [-0.2, -0.15) is 10.5 Å². The SMILES string of the molecule is N#CC(=NCCN=C(C#N)c1ccccc1)c1ccccc1. The third-order valence-corrected chi connectivity index (χ3v) is 2.95. The fourth-order valence-electron chi connectivity index (χ4n) is 1.90. The van der Waals surface area contributed by atoms with Gasteiger partial charge in [-0.15, -0.1) is 0 Å². The van der Waals surface area contributed by atoms with Crippen molar-refractivity contribution in [2.45, 2.75) is 0 Å². The molecule has 0 amide bonds. The monoisotopic (exact) mass is 286 g/mol. The van der Waals surface area contributed by atoms with Crippen molar-refractivity contribution in [3.8, 4) is 12.1 Å². The molecule has 0 aliphatic carbocycles. The summed E-state index contributed by atoms with van der Waals surface area (Å²) in [6.07, 6.45) is 0. The standard InChI is InChI=1S/C18H14N4/c19-13-17(15-7-3-1-4-8-15)21-11-12-22-18(14-20)16-9-5-2-6-10-16/h1-10H,11-12H2. The van der Waals surface area contributed by atoms with Gasteiger partial charge in [0.05, 0.1) is 13.1 Å². The predicted octanol–water partition coefficient (Wildman–Crippen LogP) is 3.01. The Hall–Kier alpha value is -3.24. The Balaban J connectivity index is 2.04. The van der Waals surface area contributed by atoms with Crippen LogP contribution in [0.25, 0.3) is 0 Å². The van der Waals surface area contributed by atoms with Gasteiger partial charge in [-0.1, -0.05) is 60.7 Å². The van der Waals surface area contributed by atoms with Crippen LogP contribution in [0.5, 0.6) is 0 Å². The maximum atomic E-state index is 9.14. The van der Waals surface area contributed by atoms with E-state index in [-0.39, 0.29) is 0 Å². The Morgan fingerprint density at radius 3 is 1.36 bits per heavy atom. The molecule has 106 valence electrons. The van der Waals surface area contributed by atoms with Crippen molar-refractivity contribution < 1.29 is 0 Å². The molecule has 0 fully saturated rings. The van der Waals surface area contributed by atoms with Crippen molar-refractivity contribution in [2.24, 2.45) is 9.98 Å². The maximum Gasteiger partial charge on any atom is 0.142 e. The van der Waals surface area contributed by atoms with Gasteiger partial charge < -0.3 is 0 Å². The third kappa shape index (κ3) is 4.13. The van der Waals surface area contributed by atoms with E-state index in [2.05, 4.69) is 22.1 Å². The van der Waals surface area contributed by atoms with Gasteiger partial charge in [0.15, 0.2) is 0 Å². The molecule has 0 aromatic heterocycles. The molecule has 2 rings (SSSR count). The third-order valence-electron chi connectivity index (χ3n) is 2.95.